The van der Waals surface area contributed by atoms with Gasteiger partial charge >= 0.3 is 0 Å². The SMILES string of the molecule is COC1C(C=CC(C)=O)=CCC2OC(C)=CC(=O)C21. The van der Waals surface area contributed by atoms with Gasteiger partial charge in [0, 0.05) is 19.6 Å². The molecule has 0 saturated carbocycles. The van der Waals surface area contributed by atoms with Crippen molar-refractivity contribution in [2.24, 2.45) is 5.92 Å². The van der Waals surface area contributed by atoms with Crippen molar-refractivity contribution < 1.29 is 19.1 Å². The second-order valence-electron chi connectivity index (χ2n) is 4.88. The average molecular weight is 262 g/mol. The maximum Gasteiger partial charge on any atom is 0.168 e. The molecule has 0 saturated heterocycles. The maximum atomic E-state index is 12.1. The Kier molecular flexibility index (Phi) is 4.00. The molecule has 3 unspecified atom stereocenters. The molecule has 2 rings (SSSR count). The van der Waals surface area contributed by atoms with Gasteiger partial charge in [-0.3, -0.25) is 9.59 Å². The van der Waals surface area contributed by atoms with Crippen LogP contribution in [0.25, 0.3) is 0 Å². The lowest BCUT2D eigenvalue weighted by Crippen LogP contribution is -2.45. The van der Waals surface area contributed by atoms with Crippen molar-refractivity contribution in [2.45, 2.75) is 32.5 Å². The van der Waals surface area contributed by atoms with Gasteiger partial charge in [0.2, 0.25) is 0 Å². The fourth-order valence-electron chi connectivity index (χ4n) is 2.60. The van der Waals surface area contributed by atoms with Crippen LogP contribution in [-0.4, -0.2) is 30.9 Å². The maximum absolute atomic E-state index is 12.1. The summed E-state index contributed by atoms with van der Waals surface area (Å²) < 4.78 is 11.1. The van der Waals surface area contributed by atoms with Crippen LogP contribution in [0, 0.1) is 5.92 Å². The van der Waals surface area contributed by atoms with Gasteiger partial charge in [-0.15, -0.1) is 0 Å². The molecule has 19 heavy (non-hydrogen) atoms. The van der Waals surface area contributed by atoms with Gasteiger partial charge in [-0.2, -0.15) is 0 Å². The first-order valence-electron chi connectivity index (χ1n) is 6.33. The summed E-state index contributed by atoms with van der Waals surface area (Å²) in [5.74, 6) is 0.324. The predicted octanol–water partition coefficient (Wildman–Crippen LogP) is 1.96. The minimum Gasteiger partial charge on any atom is -0.494 e. The lowest BCUT2D eigenvalue weighted by Gasteiger charge is -2.38. The van der Waals surface area contributed by atoms with E-state index in [0.29, 0.717) is 12.2 Å². The van der Waals surface area contributed by atoms with Gasteiger partial charge in [0.15, 0.2) is 11.6 Å². The van der Waals surface area contributed by atoms with E-state index in [1.807, 2.05) is 6.08 Å². The highest BCUT2D eigenvalue weighted by molar-refractivity contribution is 5.94. The first kappa shape index (κ1) is 13.7. The summed E-state index contributed by atoms with van der Waals surface area (Å²) >= 11 is 0. The third kappa shape index (κ3) is 2.84. The van der Waals surface area contributed by atoms with Crippen LogP contribution in [-0.2, 0) is 19.1 Å². The molecule has 0 N–H and O–H groups in total. The van der Waals surface area contributed by atoms with E-state index in [-0.39, 0.29) is 29.7 Å². The van der Waals surface area contributed by atoms with Crippen molar-refractivity contribution in [1.29, 1.82) is 0 Å². The third-order valence-electron chi connectivity index (χ3n) is 3.42. The summed E-state index contributed by atoms with van der Waals surface area (Å²) in [5, 5.41) is 0. The fourth-order valence-corrected chi connectivity index (χ4v) is 2.60. The van der Waals surface area contributed by atoms with Crippen molar-refractivity contribution >= 4 is 11.6 Å². The van der Waals surface area contributed by atoms with E-state index in [4.69, 9.17) is 9.47 Å². The highest BCUT2D eigenvalue weighted by atomic mass is 16.5. The predicted molar refractivity (Wildman–Crippen MR) is 70.4 cm³/mol. The molecule has 0 aromatic rings. The number of hydrogen-bond acceptors (Lipinski definition) is 4. The van der Waals surface area contributed by atoms with Gasteiger partial charge in [-0.05, 0) is 25.5 Å². The zero-order chi connectivity index (χ0) is 14.0. The number of allylic oxidation sites excluding steroid dienone is 3. The Morgan fingerprint density at radius 2 is 2.26 bits per heavy atom. The summed E-state index contributed by atoms with van der Waals surface area (Å²) in [7, 11) is 1.57. The minimum absolute atomic E-state index is 0.0279. The number of methoxy groups -OCH3 is 1. The summed E-state index contributed by atoms with van der Waals surface area (Å²) in [6.45, 7) is 3.27. The molecule has 2 aliphatic rings. The fraction of sp³-hybridized carbons (Fsp3) is 0.467. The molecule has 0 aromatic heterocycles. The molecular weight excluding hydrogens is 244 g/mol. The van der Waals surface area contributed by atoms with Gasteiger partial charge in [0.05, 0.1) is 17.8 Å². The van der Waals surface area contributed by atoms with Crippen molar-refractivity contribution in [1.82, 2.24) is 0 Å². The summed E-state index contributed by atoms with van der Waals surface area (Å²) in [6, 6.07) is 0. The first-order valence-corrected chi connectivity index (χ1v) is 6.33. The van der Waals surface area contributed by atoms with Crippen LogP contribution in [0.5, 0.6) is 0 Å². The summed E-state index contributed by atoms with van der Waals surface area (Å²) in [5.41, 5.74) is 0.865. The van der Waals surface area contributed by atoms with Crippen LogP contribution in [0.1, 0.15) is 20.3 Å². The number of carbonyl (C=O) groups excluding carboxylic acids is 2. The van der Waals surface area contributed by atoms with Crippen LogP contribution >= 0.6 is 0 Å². The molecule has 4 heteroatoms. The number of fused-ring (bicyclic) bond motifs is 1. The molecule has 102 valence electrons. The first-order chi connectivity index (χ1) is 9.02. The lowest BCUT2D eigenvalue weighted by molar-refractivity contribution is -0.131. The smallest absolute Gasteiger partial charge is 0.168 e. The molecular formula is C15H18O4. The van der Waals surface area contributed by atoms with E-state index < -0.39 is 0 Å². The Balaban J connectivity index is 2.28. The molecule has 0 spiro atoms. The zero-order valence-electron chi connectivity index (χ0n) is 11.4. The average Bonchev–Trinajstić information content (AvgIpc) is 2.35. The Morgan fingerprint density at radius 3 is 2.89 bits per heavy atom. The van der Waals surface area contributed by atoms with Crippen LogP contribution < -0.4 is 0 Å². The molecule has 0 amide bonds. The second kappa shape index (κ2) is 5.53. The molecule has 0 aromatic carbocycles. The molecule has 0 bridgehead atoms. The van der Waals surface area contributed by atoms with Gasteiger partial charge in [0.1, 0.15) is 6.10 Å². The van der Waals surface area contributed by atoms with Gasteiger partial charge in [-0.1, -0.05) is 12.2 Å². The number of ether oxygens (including phenoxy) is 2. The van der Waals surface area contributed by atoms with E-state index in [2.05, 4.69) is 0 Å². The third-order valence-corrected chi connectivity index (χ3v) is 3.42. The van der Waals surface area contributed by atoms with Crippen LogP contribution in [0.4, 0.5) is 0 Å². The number of ketones is 2. The van der Waals surface area contributed by atoms with E-state index >= 15 is 0 Å². The van der Waals surface area contributed by atoms with E-state index in [0.717, 1.165) is 5.57 Å². The summed E-state index contributed by atoms with van der Waals surface area (Å²) in [6.07, 6.45) is 6.84. The summed E-state index contributed by atoms with van der Waals surface area (Å²) in [4.78, 5) is 23.2. The van der Waals surface area contributed by atoms with Crippen molar-refractivity contribution in [3.63, 3.8) is 0 Å². The Labute approximate surface area is 112 Å². The Bertz CT molecular complexity index is 484. The molecule has 0 fully saturated rings. The van der Waals surface area contributed by atoms with Crippen LogP contribution in [0.15, 0.2) is 35.6 Å². The normalized spacial score (nSPS) is 30.5. The highest BCUT2D eigenvalue weighted by Crippen LogP contribution is 2.34. The number of carbonyl (C=O) groups is 2. The topological polar surface area (TPSA) is 52.6 Å². The Hall–Kier alpha value is -1.68. The van der Waals surface area contributed by atoms with Gasteiger partial charge in [0.25, 0.3) is 0 Å². The molecule has 1 aliphatic heterocycles. The lowest BCUT2D eigenvalue weighted by atomic mass is 9.79. The highest BCUT2D eigenvalue weighted by Gasteiger charge is 2.42. The standard InChI is InChI=1S/C15H18O4/c1-9(16)4-5-11-6-7-13-14(15(11)18-3)12(17)8-10(2)19-13/h4-6,8,13-15H,7H2,1-3H3. The zero-order valence-corrected chi connectivity index (χ0v) is 11.4. The van der Waals surface area contributed by atoms with Gasteiger partial charge < -0.3 is 9.47 Å². The van der Waals surface area contributed by atoms with E-state index in [9.17, 15) is 9.59 Å². The van der Waals surface area contributed by atoms with Crippen LogP contribution in [0.2, 0.25) is 0 Å². The second-order valence-corrected chi connectivity index (χ2v) is 4.88. The number of hydrogen-bond donors (Lipinski definition) is 0. The van der Waals surface area contributed by atoms with E-state index in [1.165, 1.54) is 19.1 Å². The van der Waals surface area contributed by atoms with Crippen molar-refractivity contribution in [2.75, 3.05) is 7.11 Å². The van der Waals surface area contributed by atoms with Crippen molar-refractivity contribution in [3.05, 3.63) is 35.6 Å². The van der Waals surface area contributed by atoms with Crippen LogP contribution in [0.3, 0.4) is 0 Å². The number of rotatable bonds is 3. The Morgan fingerprint density at radius 1 is 1.53 bits per heavy atom. The molecule has 3 atom stereocenters. The largest absolute Gasteiger partial charge is 0.494 e. The quantitative estimate of drug-likeness (QED) is 0.730. The molecule has 0 radical (unpaired) electrons. The van der Waals surface area contributed by atoms with Gasteiger partial charge in [-0.25, -0.2) is 0 Å². The monoisotopic (exact) mass is 262 g/mol. The van der Waals surface area contributed by atoms with Crippen molar-refractivity contribution in [3.8, 4) is 0 Å². The van der Waals surface area contributed by atoms with E-state index in [1.54, 1.807) is 20.1 Å². The molecule has 1 aliphatic carbocycles. The minimum atomic E-state index is -0.355. The molecule has 1 heterocycles. The molecule has 4 nitrogen and oxygen atoms in total.